The molecular formula is C21H23N3O3S. The largest absolute Gasteiger partial charge is 0.326 e. The molecule has 4 rings (SSSR count). The topological polar surface area (TPSA) is 78.8 Å². The summed E-state index contributed by atoms with van der Waals surface area (Å²) in [6, 6.07) is 16.9. The van der Waals surface area contributed by atoms with E-state index >= 15 is 0 Å². The number of nitrogens with one attached hydrogen (secondary N) is 1. The Morgan fingerprint density at radius 1 is 1.04 bits per heavy atom. The fourth-order valence-electron chi connectivity index (χ4n) is 3.72. The lowest BCUT2D eigenvalue weighted by molar-refractivity contribution is -0.115. The van der Waals surface area contributed by atoms with E-state index in [-0.39, 0.29) is 11.7 Å². The van der Waals surface area contributed by atoms with Gasteiger partial charge in [0.25, 0.3) is 5.91 Å². The van der Waals surface area contributed by atoms with Gasteiger partial charge < -0.3 is 5.32 Å². The molecule has 0 aromatic heterocycles. The van der Waals surface area contributed by atoms with E-state index in [0.717, 1.165) is 16.7 Å². The van der Waals surface area contributed by atoms with Crippen LogP contribution in [0.1, 0.15) is 29.5 Å². The predicted molar refractivity (Wildman–Crippen MR) is 108 cm³/mol. The van der Waals surface area contributed by atoms with E-state index in [1.165, 1.54) is 4.31 Å². The lowest BCUT2D eigenvalue weighted by Crippen LogP contribution is -2.52. The Kier molecular flexibility index (Phi) is 4.81. The van der Waals surface area contributed by atoms with Crippen LogP contribution in [0.4, 0.5) is 0 Å². The molecule has 0 aliphatic carbocycles. The molecule has 28 heavy (non-hydrogen) atoms. The molecule has 1 spiro atoms. The summed E-state index contributed by atoms with van der Waals surface area (Å²) >= 11 is 0. The molecule has 0 saturated carbocycles. The van der Waals surface area contributed by atoms with Crippen LogP contribution in [0.25, 0.3) is 0 Å². The molecule has 2 aliphatic rings. The maximum absolute atomic E-state index is 12.7. The first-order chi connectivity index (χ1) is 13.4. The van der Waals surface area contributed by atoms with E-state index in [1.807, 2.05) is 61.5 Å². The van der Waals surface area contributed by atoms with Crippen molar-refractivity contribution in [3.05, 3.63) is 71.3 Å². The maximum atomic E-state index is 12.7. The van der Waals surface area contributed by atoms with E-state index in [4.69, 9.17) is 4.99 Å². The number of benzene rings is 2. The minimum atomic E-state index is -3.39. The van der Waals surface area contributed by atoms with Crippen LogP contribution in [0, 0.1) is 6.92 Å². The number of hydrogen-bond donors (Lipinski definition) is 1. The van der Waals surface area contributed by atoms with Crippen LogP contribution >= 0.6 is 0 Å². The first kappa shape index (κ1) is 18.8. The number of sulfonamides is 1. The van der Waals surface area contributed by atoms with Crippen LogP contribution in [0.3, 0.4) is 0 Å². The molecule has 146 valence electrons. The highest BCUT2D eigenvalue weighted by molar-refractivity contribution is 7.88. The van der Waals surface area contributed by atoms with Crippen LogP contribution in [0.15, 0.2) is 59.6 Å². The summed E-state index contributed by atoms with van der Waals surface area (Å²) in [6.45, 7) is 2.69. The highest BCUT2D eigenvalue weighted by Crippen LogP contribution is 2.30. The number of amides is 1. The van der Waals surface area contributed by atoms with Gasteiger partial charge in [-0.3, -0.25) is 9.79 Å². The van der Waals surface area contributed by atoms with Crippen LogP contribution < -0.4 is 5.32 Å². The number of piperidine rings is 1. The van der Waals surface area contributed by atoms with Gasteiger partial charge in [-0.2, -0.15) is 0 Å². The van der Waals surface area contributed by atoms with Crippen LogP contribution in [0.5, 0.6) is 0 Å². The molecular weight excluding hydrogens is 374 g/mol. The number of rotatable bonds is 4. The van der Waals surface area contributed by atoms with Gasteiger partial charge in [0.15, 0.2) is 0 Å². The van der Waals surface area contributed by atoms with E-state index in [2.05, 4.69) is 5.32 Å². The summed E-state index contributed by atoms with van der Waals surface area (Å²) in [6.07, 6.45) is 0.949. The van der Waals surface area contributed by atoms with E-state index in [1.54, 1.807) is 0 Å². The predicted octanol–water partition coefficient (Wildman–Crippen LogP) is 2.24. The molecule has 2 aliphatic heterocycles. The minimum absolute atomic E-state index is 0.00885. The summed E-state index contributed by atoms with van der Waals surface area (Å²) in [7, 11) is -3.39. The number of aliphatic imine (C=N–C) groups is 1. The van der Waals surface area contributed by atoms with Crippen molar-refractivity contribution in [3.8, 4) is 0 Å². The number of carbonyl (C=O) groups excluding carboxylic acids is 1. The second-order valence-corrected chi connectivity index (χ2v) is 9.42. The van der Waals surface area contributed by atoms with Crippen LogP contribution in [0.2, 0.25) is 0 Å². The van der Waals surface area contributed by atoms with E-state index in [9.17, 15) is 13.2 Å². The Morgan fingerprint density at radius 3 is 2.32 bits per heavy atom. The summed E-state index contributed by atoms with van der Waals surface area (Å²) in [5.74, 6) is -0.199. The molecule has 2 heterocycles. The zero-order valence-corrected chi connectivity index (χ0v) is 16.6. The Balaban J connectivity index is 1.47. The van der Waals surface area contributed by atoms with E-state index in [0.29, 0.717) is 31.6 Å². The summed E-state index contributed by atoms with van der Waals surface area (Å²) in [5.41, 5.74) is 2.42. The zero-order chi connectivity index (χ0) is 19.8. The van der Waals surface area contributed by atoms with E-state index < -0.39 is 15.7 Å². The van der Waals surface area contributed by atoms with Gasteiger partial charge in [-0.15, -0.1) is 0 Å². The van der Waals surface area contributed by atoms with Crippen LogP contribution in [-0.4, -0.2) is 43.1 Å². The summed E-state index contributed by atoms with van der Waals surface area (Å²) in [5, 5.41) is 2.99. The van der Waals surface area contributed by atoms with Crippen molar-refractivity contribution in [2.24, 2.45) is 4.99 Å². The van der Waals surface area contributed by atoms with Crippen molar-refractivity contribution in [3.63, 3.8) is 0 Å². The third-order valence-corrected chi connectivity index (χ3v) is 7.20. The summed E-state index contributed by atoms with van der Waals surface area (Å²) < 4.78 is 27.0. The Morgan fingerprint density at radius 2 is 1.68 bits per heavy atom. The van der Waals surface area contributed by atoms with Gasteiger partial charge in [-0.25, -0.2) is 12.7 Å². The SMILES string of the molecule is Cc1ccc(C2=NC3(CCN(S(=O)(=O)Cc4ccccc4)CC3)NC2=O)cc1. The van der Waals surface area contributed by atoms with Gasteiger partial charge >= 0.3 is 0 Å². The lowest BCUT2D eigenvalue weighted by Gasteiger charge is -2.36. The second kappa shape index (κ2) is 7.14. The molecule has 0 unspecified atom stereocenters. The van der Waals surface area contributed by atoms with Crippen molar-refractivity contribution < 1.29 is 13.2 Å². The average Bonchev–Trinajstić information content (AvgIpc) is 2.99. The molecule has 0 radical (unpaired) electrons. The quantitative estimate of drug-likeness (QED) is 0.859. The number of aryl methyl sites for hydroxylation is 1. The standard InChI is InChI=1S/C21H23N3O3S/c1-16-7-9-18(10-8-16)19-20(25)23-21(22-19)11-13-24(14-12-21)28(26,27)15-17-5-3-2-4-6-17/h2-10H,11-15H2,1H3,(H,23,25). The lowest BCUT2D eigenvalue weighted by atomic mass is 10.00. The van der Waals surface area contributed by atoms with Gasteiger partial charge in [0.1, 0.15) is 11.4 Å². The third kappa shape index (κ3) is 3.72. The molecule has 1 N–H and O–H groups in total. The Labute approximate surface area is 165 Å². The smallest absolute Gasteiger partial charge is 0.272 e. The van der Waals surface area contributed by atoms with Crippen molar-refractivity contribution in [2.75, 3.05) is 13.1 Å². The van der Waals surface area contributed by atoms with Crippen molar-refractivity contribution in [1.82, 2.24) is 9.62 Å². The van der Waals surface area contributed by atoms with Gasteiger partial charge in [0.05, 0.1) is 5.75 Å². The number of hydrogen-bond acceptors (Lipinski definition) is 4. The monoisotopic (exact) mass is 397 g/mol. The molecule has 2 aromatic rings. The van der Waals surface area contributed by atoms with Crippen molar-refractivity contribution in [1.29, 1.82) is 0 Å². The van der Waals surface area contributed by atoms with Crippen LogP contribution in [-0.2, 0) is 20.6 Å². The number of carbonyl (C=O) groups is 1. The van der Waals surface area contributed by atoms with Crippen molar-refractivity contribution >= 4 is 21.6 Å². The molecule has 1 fully saturated rings. The van der Waals surface area contributed by atoms with Gasteiger partial charge in [-0.05, 0) is 12.5 Å². The van der Waals surface area contributed by atoms with Crippen molar-refractivity contribution in [2.45, 2.75) is 31.2 Å². The fraction of sp³-hybridized carbons (Fsp3) is 0.333. The zero-order valence-electron chi connectivity index (χ0n) is 15.8. The molecule has 1 amide bonds. The molecule has 6 nitrogen and oxygen atoms in total. The summed E-state index contributed by atoms with van der Waals surface area (Å²) in [4.78, 5) is 17.2. The highest BCUT2D eigenvalue weighted by atomic mass is 32.2. The first-order valence-corrected chi connectivity index (χ1v) is 11.0. The Hall–Kier alpha value is -2.51. The highest BCUT2D eigenvalue weighted by Gasteiger charge is 2.44. The maximum Gasteiger partial charge on any atom is 0.272 e. The molecule has 7 heteroatoms. The van der Waals surface area contributed by atoms with Gasteiger partial charge in [-0.1, -0.05) is 60.2 Å². The average molecular weight is 398 g/mol. The molecule has 2 aromatic carbocycles. The first-order valence-electron chi connectivity index (χ1n) is 9.38. The Bertz CT molecular complexity index is 1010. The fourth-order valence-corrected chi connectivity index (χ4v) is 5.25. The third-order valence-electron chi connectivity index (χ3n) is 5.35. The second-order valence-electron chi connectivity index (χ2n) is 7.45. The molecule has 0 atom stereocenters. The van der Waals surface area contributed by atoms with Gasteiger partial charge in [0, 0.05) is 31.5 Å². The normalized spacial score (nSPS) is 19.5. The molecule has 0 bridgehead atoms. The minimum Gasteiger partial charge on any atom is -0.326 e. The molecule has 1 saturated heterocycles. The number of nitrogens with zero attached hydrogens (tertiary/aromatic N) is 2. The van der Waals surface area contributed by atoms with Gasteiger partial charge in [0.2, 0.25) is 10.0 Å².